The Morgan fingerprint density at radius 3 is 2.62 bits per heavy atom. The number of nitrogens with zero attached hydrogens (tertiary/aromatic N) is 4. The molecule has 1 atom stereocenters. The Balaban J connectivity index is 1.44. The van der Waals surface area contributed by atoms with E-state index < -0.39 is 0 Å². The summed E-state index contributed by atoms with van der Waals surface area (Å²) in [6.07, 6.45) is 4.33. The van der Waals surface area contributed by atoms with Gasteiger partial charge in [-0.2, -0.15) is 5.10 Å². The van der Waals surface area contributed by atoms with Gasteiger partial charge in [-0.15, -0.1) is 0 Å². The predicted molar refractivity (Wildman–Crippen MR) is 128 cm³/mol. The van der Waals surface area contributed by atoms with Gasteiger partial charge in [0.25, 0.3) is 0 Å². The van der Waals surface area contributed by atoms with Gasteiger partial charge in [0.2, 0.25) is 0 Å². The molecule has 4 aromatic rings. The Morgan fingerprint density at radius 1 is 1.03 bits per heavy atom. The highest BCUT2D eigenvalue weighted by molar-refractivity contribution is 5.80. The maximum atomic E-state index is 5.61. The number of rotatable bonds is 6. The highest BCUT2D eigenvalue weighted by Gasteiger charge is 2.25. The fourth-order valence-corrected chi connectivity index (χ4v) is 4.88. The first-order valence-electron chi connectivity index (χ1n) is 11.6. The van der Waals surface area contributed by atoms with E-state index in [1.54, 1.807) is 0 Å². The fraction of sp³-hybridized carbons (Fsp3) is 0.333. The summed E-state index contributed by atoms with van der Waals surface area (Å²) in [5, 5.41) is 4.94. The summed E-state index contributed by atoms with van der Waals surface area (Å²) in [6.45, 7) is 7.94. The van der Waals surface area contributed by atoms with Crippen molar-refractivity contribution < 1.29 is 4.74 Å². The summed E-state index contributed by atoms with van der Waals surface area (Å²) in [5.74, 6) is 1.34. The molecule has 1 aliphatic heterocycles. The van der Waals surface area contributed by atoms with Gasteiger partial charge < -0.3 is 4.74 Å². The smallest absolute Gasteiger partial charge is 0.163 e. The lowest BCUT2D eigenvalue weighted by atomic mass is 9.94. The number of piperidine rings is 1. The zero-order chi connectivity index (χ0) is 21.9. The third kappa shape index (κ3) is 4.13. The van der Waals surface area contributed by atoms with E-state index in [0.29, 0.717) is 12.5 Å². The molecule has 2 aromatic carbocycles. The van der Waals surface area contributed by atoms with Crippen LogP contribution >= 0.6 is 0 Å². The van der Waals surface area contributed by atoms with Crippen LogP contribution in [0.2, 0.25) is 0 Å². The Morgan fingerprint density at radius 2 is 1.84 bits per heavy atom. The van der Waals surface area contributed by atoms with Crippen LogP contribution in [0.15, 0.2) is 66.9 Å². The Bertz CT molecular complexity index is 1180. The fourth-order valence-electron chi connectivity index (χ4n) is 4.88. The van der Waals surface area contributed by atoms with E-state index in [0.717, 1.165) is 47.9 Å². The maximum Gasteiger partial charge on any atom is 0.163 e. The number of hydrogen-bond acceptors (Lipinski definition) is 4. The van der Waals surface area contributed by atoms with Gasteiger partial charge in [0.15, 0.2) is 5.65 Å². The Hall–Kier alpha value is -3.18. The lowest BCUT2D eigenvalue weighted by Gasteiger charge is -2.33. The quantitative estimate of drug-likeness (QED) is 0.409. The minimum absolute atomic E-state index is 0.449. The summed E-state index contributed by atoms with van der Waals surface area (Å²) in [7, 11) is 0. The van der Waals surface area contributed by atoms with Gasteiger partial charge in [0, 0.05) is 30.8 Å². The number of fused-ring (bicyclic) bond motifs is 1. The average Bonchev–Trinajstić information content (AvgIpc) is 3.16. The normalized spacial score (nSPS) is 17.0. The second-order valence-corrected chi connectivity index (χ2v) is 8.58. The Labute approximate surface area is 189 Å². The van der Waals surface area contributed by atoms with E-state index in [9.17, 15) is 0 Å². The van der Waals surface area contributed by atoms with Crippen LogP contribution in [0.4, 0.5) is 0 Å². The van der Waals surface area contributed by atoms with Gasteiger partial charge in [-0.05, 0) is 62.6 Å². The number of likely N-dealkylation sites (tertiary alicyclic amines) is 1. The average molecular weight is 427 g/mol. The zero-order valence-electron chi connectivity index (χ0n) is 18.9. The molecule has 5 heteroatoms. The summed E-state index contributed by atoms with van der Waals surface area (Å²) in [5.41, 5.74) is 6.80. The van der Waals surface area contributed by atoms with Crippen molar-refractivity contribution in [1.29, 1.82) is 0 Å². The molecule has 3 heterocycles. The Kier molecular flexibility index (Phi) is 5.91. The molecule has 0 amide bonds. The molecule has 5 nitrogen and oxygen atoms in total. The number of aromatic nitrogens is 3. The van der Waals surface area contributed by atoms with Crippen molar-refractivity contribution in [3.8, 4) is 16.9 Å². The molecule has 1 fully saturated rings. The lowest BCUT2D eigenvalue weighted by Crippen LogP contribution is -2.34. The van der Waals surface area contributed by atoms with E-state index >= 15 is 0 Å². The van der Waals surface area contributed by atoms with Crippen LogP contribution in [0.25, 0.3) is 16.8 Å². The largest absolute Gasteiger partial charge is 0.494 e. The summed E-state index contributed by atoms with van der Waals surface area (Å²) >= 11 is 0. The molecule has 0 bridgehead atoms. The van der Waals surface area contributed by atoms with Crippen molar-refractivity contribution in [3.05, 3.63) is 83.8 Å². The van der Waals surface area contributed by atoms with Gasteiger partial charge in [-0.3, -0.25) is 4.90 Å². The van der Waals surface area contributed by atoms with Gasteiger partial charge in [-0.1, -0.05) is 42.5 Å². The van der Waals surface area contributed by atoms with Crippen LogP contribution < -0.4 is 4.74 Å². The van der Waals surface area contributed by atoms with E-state index in [-0.39, 0.29) is 0 Å². The molecule has 32 heavy (non-hydrogen) atoms. The summed E-state index contributed by atoms with van der Waals surface area (Å²) in [4.78, 5) is 7.30. The monoisotopic (exact) mass is 426 g/mol. The van der Waals surface area contributed by atoms with Crippen molar-refractivity contribution in [2.45, 2.75) is 39.2 Å². The molecule has 0 aliphatic carbocycles. The van der Waals surface area contributed by atoms with Crippen LogP contribution in [-0.4, -0.2) is 39.2 Å². The first-order valence-corrected chi connectivity index (χ1v) is 11.6. The van der Waals surface area contributed by atoms with E-state index in [1.165, 1.54) is 24.1 Å². The topological polar surface area (TPSA) is 42.7 Å². The number of benzene rings is 2. The number of hydrogen-bond donors (Lipinski definition) is 0. The molecular formula is C27H30N4O. The minimum atomic E-state index is 0.449. The molecule has 1 unspecified atom stereocenters. The molecule has 164 valence electrons. The molecule has 0 radical (unpaired) electrons. The molecule has 0 spiro atoms. The number of aryl methyl sites for hydroxylation is 1. The zero-order valence-corrected chi connectivity index (χ0v) is 18.9. The van der Waals surface area contributed by atoms with Crippen LogP contribution in [0.3, 0.4) is 0 Å². The summed E-state index contributed by atoms with van der Waals surface area (Å²) in [6, 6.07) is 21.2. The van der Waals surface area contributed by atoms with Gasteiger partial charge in [-0.25, -0.2) is 9.50 Å². The van der Waals surface area contributed by atoms with Gasteiger partial charge in [0.1, 0.15) is 5.75 Å². The number of ether oxygens (including phenoxy) is 1. The molecule has 0 N–H and O–H groups in total. The van der Waals surface area contributed by atoms with Crippen molar-refractivity contribution in [1.82, 2.24) is 19.5 Å². The van der Waals surface area contributed by atoms with Crippen LogP contribution in [0.5, 0.6) is 5.75 Å². The summed E-state index contributed by atoms with van der Waals surface area (Å²) < 4.78 is 7.69. The molecule has 1 aliphatic rings. The van der Waals surface area contributed by atoms with Crippen LogP contribution in [0.1, 0.15) is 42.6 Å². The minimum Gasteiger partial charge on any atom is -0.494 e. The first-order chi connectivity index (χ1) is 15.7. The third-order valence-corrected chi connectivity index (χ3v) is 6.35. The standard InChI is InChI=1S/C27H30N4O/c1-3-32-24-13-11-22(12-14-24)26-20(2)29-31-25(15-16-28-27(26)31)23-10-7-17-30(19-23)18-21-8-5-4-6-9-21/h4-6,8-9,11-16,23H,3,7,10,17-19H2,1-2H3. The van der Waals surface area contributed by atoms with Gasteiger partial charge in [0.05, 0.1) is 18.0 Å². The highest BCUT2D eigenvalue weighted by atomic mass is 16.5. The second kappa shape index (κ2) is 9.13. The highest BCUT2D eigenvalue weighted by Crippen LogP contribution is 2.33. The van der Waals surface area contributed by atoms with Crippen molar-refractivity contribution in [3.63, 3.8) is 0 Å². The predicted octanol–water partition coefficient (Wildman–Crippen LogP) is 5.48. The van der Waals surface area contributed by atoms with Crippen LogP contribution in [-0.2, 0) is 6.54 Å². The SMILES string of the molecule is CCOc1ccc(-c2c(C)nn3c(C4CCCN(Cc5ccccc5)C4)ccnc23)cc1. The van der Waals surface area contributed by atoms with Gasteiger partial charge >= 0.3 is 0 Å². The molecule has 5 rings (SSSR count). The first kappa shape index (κ1) is 20.7. The van der Waals surface area contributed by atoms with E-state index in [2.05, 4.69) is 64.9 Å². The molecular weight excluding hydrogens is 396 g/mol. The maximum absolute atomic E-state index is 5.61. The third-order valence-electron chi connectivity index (χ3n) is 6.35. The molecule has 1 saturated heterocycles. The van der Waals surface area contributed by atoms with Crippen molar-refractivity contribution in [2.24, 2.45) is 0 Å². The van der Waals surface area contributed by atoms with Crippen molar-refractivity contribution >= 4 is 5.65 Å². The van der Waals surface area contributed by atoms with Crippen LogP contribution in [0, 0.1) is 6.92 Å². The van der Waals surface area contributed by atoms with Crippen molar-refractivity contribution in [2.75, 3.05) is 19.7 Å². The van der Waals surface area contributed by atoms with E-state index in [4.69, 9.17) is 14.8 Å². The lowest BCUT2D eigenvalue weighted by molar-refractivity contribution is 0.197. The second-order valence-electron chi connectivity index (χ2n) is 8.58. The molecule has 0 saturated carbocycles. The van der Waals surface area contributed by atoms with E-state index in [1.807, 2.05) is 25.3 Å². The molecule has 2 aromatic heterocycles.